The van der Waals surface area contributed by atoms with Crippen molar-refractivity contribution in [3.63, 3.8) is 0 Å². The van der Waals surface area contributed by atoms with Crippen molar-refractivity contribution < 1.29 is 4.79 Å². The third-order valence-corrected chi connectivity index (χ3v) is 7.39. The van der Waals surface area contributed by atoms with E-state index in [2.05, 4.69) is 71.1 Å². The molecule has 6 nitrogen and oxygen atoms in total. The van der Waals surface area contributed by atoms with Crippen molar-refractivity contribution in [2.75, 3.05) is 31.1 Å². The predicted octanol–water partition coefficient (Wildman–Crippen LogP) is 6.41. The van der Waals surface area contributed by atoms with Gasteiger partial charge >= 0.3 is 0 Å². The molecule has 1 aliphatic heterocycles. The smallest absolute Gasteiger partial charge is 0.246 e. The first-order valence-electron chi connectivity index (χ1n) is 13.0. The second kappa shape index (κ2) is 10.8. The van der Waals surface area contributed by atoms with Gasteiger partial charge in [-0.2, -0.15) is 0 Å². The Balaban J connectivity index is 1.29. The fourth-order valence-corrected chi connectivity index (χ4v) is 5.14. The van der Waals surface area contributed by atoms with Gasteiger partial charge in [0.05, 0.1) is 5.39 Å². The Kier molecular flexibility index (Phi) is 6.86. The standard InChI is InChI=1S/C32H28ClN5O/c1-23-7-14-27(15-8-23)38-21-28(25-5-3-2-4-6-25)30-31(34-22-35-32(30)38)37-19-17-36(18-20-37)29(39)16-11-24-9-12-26(33)13-10-24/h2-16,21-22H,17-20H2,1H3/b16-11+. The number of aromatic nitrogens is 3. The minimum absolute atomic E-state index is 0.00735. The van der Waals surface area contributed by atoms with Crippen molar-refractivity contribution in [3.05, 3.63) is 114 Å². The Hall–Kier alpha value is -4.42. The number of fused-ring (bicyclic) bond motifs is 1. The highest BCUT2D eigenvalue weighted by Crippen LogP contribution is 2.37. The summed E-state index contributed by atoms with van der Waals surface area (Å²) in [5, 5.41) is 1.70. The van der Waals surface area contributed by atoms with Crippen LogP contribution in [-0.4, -0.2) is 51.5 Å². The molecule has 1 saturated heterocycles. The number of benzene rings is 3. The second-order valence-corrected chi connectivity index (χ2v) is 10.1. The summed E-state index contributed by atoms with van der Waals surface area (Å²) in [4.78, 5) is 26.5. The average Bonchev–Trinajstić information content (AvgIpc) is 3.38. The Labute approximate surface area is 232 Å². The first kappa shape index (κ1) is 24.9. The first-order valence-corrected chi connectivity index (χ1v) is 13.4. The molecular formula is C32H28ClN5O. The number of hydrogen-bond acceptors (Lipinski definition) is 4. The van der Waals surface area contributed by atoms with Crippen molar-refractivity contribution in [2.45, 2.75) is 6.92 Å². The van der Waals surface area contributed by atoms with E-state index < -0.39 is 0 Å². The highest BCUT2D eigenvalue weighted by molar-refractivity contribution is 6.30. The minimum Gasteiger partial charge on any atom is -0.352 e. The molecule has 0 unspecified atom stereocenters. The van der Waals surface area contributed by atoms with Crippen molar-refractivity contribution in [1.82, 2.24) is 19.4 Å². The third kappa shape index (κ3) is 5.16. The number of amides is 1. The zero-order chi connectivity index (χ0) is 26.8. The van der Waals surface area contributed by atoms with Crippen LogP contribution in [0.1, 0.15) is 11.1 Å². The molecule has 3 aromatic carbocycles. The second-order valence-electron chi connectivity index (χ2n) is 9.71. The molecule has 0 bridgehead atoms. The van der Waals surface area contributed by atoms with Gasteiger partial charge in [0, 0.05) is 54.7 Å². The van der Waals surface area contributed by atoms with Gasteiger partial charge in [-0.3, -0.25) is 4.79 Å². The average molecular weight is 534 g/mol. The largest absolute Gasteiger partial charge is 0.352 e. The van der Waals surface area contributed by atoms with Gasteiger partial charge in [0.2, 0.25) is 5.91 Å². The van der Waals surface area contributed by atoms with E-state index in [0.29, 0.717) is 31.2 Å². The van der Waals surface area contributed by atoms with Crippen molar-refractivity contribution in [3.8, 4) is 16.8 Å². The van der Waals surface area contributed by atoms with Crippen LogP contribution in [0.15, 0.2) is 97.5 Å². The molecule has 2 aromatic heterocycles. The first-order chi connectivity index (χ1) is 19.1. The van der Waals surface area contributed by atoms with Gasteiger partial charge in [0.15, 0.2) is 5.65 Å². The summed E-state index contributed by atoms with van der Waals surface area (Å²) in [6.07, 6.45) is 7.27. The van der Waals surface area contributed by atoms with Gasteiger partial charge in [-0.05, 0) is 48.4 Å². The van der Waals surface area contributed by atoms with E-state index in [0.717, 1.165) is 39.2 Å². The van der Waals surface area contributed by atoms with E-state index in [4.69, 9.17) is 21.6 Å². The van der Waals surface area contributed by atoms with Crippen LogP contribution < -0.4 is 4.90 Å². The molecule has 3 heterocycles. The van der Waals surface area contributed by atoms with E-state index in [1.165, 1.54) is 5.56 Å². The van der Waals surface area contributed by atoms with Crippen LogP contribution in [-0.2, 0) is 4.79 Å². The van der Waals surface area contributed by atoms with Crippen LogP contribution in [0.5, 0.6) is 0 Å². The normalized spacial score (nSPS) is 13.9. The molecule has 0 spiro atoms. The Morgan fingerprint density at radius 1 is 0.872 bits per heavy atom. The van der Waals surface area contributed by atoms with Gasteiger partial charge in [-0.25, -0.2) is 9.97 Å². The summed E-state index contributed by atoms with van der Waals surface area (Å²) in [6.45, 7) is 4.71. The number of hydrogen-bond donors (Lipinski definition) is 0. The van der Waals surface area contributed by atoms with Crippen LogP contribution in [0.2, 0.25) is 5.02 Å². The highest BCUT2D eigenvalue weighted by Gasteiger charge is 2.25. The predicted molar refractivity (Wildman–Crippen MR) is 158 cm³/mol. The molecule has 6 rings (SSSR count). The van der Waals surface area contributed by atoms with Crippen molar-refractivity contribution in [2.24, 2.45) is 0 Å². The zero-order valence-corrected chi connectivity index (χ0v) is 22.4. The third-order valence-electron chi connectivity index (χ3n) is 7.14. The van der Waals surface area contributed by atoms with Gasteiger partial charge in [-0.15, -0.1) is 0 Å². The van der Waals surface area contributed by atoms with E-state index in [1.807, 2.05) is 41.3 Å². The van der Waals surface area contributed by atoms with E-state index >= 15 is 0 Å². The van der Waals surface area contributed by atoms with Gasteiger partial charge in [0.25, 0.3) is 0 Å². The molecule has 1 fully saturated rings. The summed E-state index contributed by atoms with van der Waals surface area (Å²) < 4.78 is 2.14. The summed E-state index contributed by atoms with van der Waals surface area (Å²) >= 11 is 5.97. The number of anilines is 1. The van der Waals surface area contributed by atoms with Crippen LogP contribution in [0, 0.1) is 6.92 Å². The number of aryl methyl sites for hydroxylation is 1. The summed E-state index contributed by atoms with van der Waals surface area (Å²) in [6, 6.07) is 26.3. The number of rotatable bonds is 5. The molecule has 0 saturated carbocycles. The molecule has 0 radical (unpaired) electrons. The lowest BCUT2D eigenvalue weighted by Gasteiger charge is -2.35. The zero-order valence-electron chi connectivity index (χ0n) is 21.7. The quantitative estimate of drug-likeness (QED) is 0.245. The summed E-state index contributed by atoms with van der Waals surface area (Å²) in [5.74, 6) is 0.904. The molecule has 5 aromatic rings. The topological polar surface area (TPSA) is 54.3 Å². The molecule has 7 heteroatoms. The van der Waals surface area contributed by atoms with Gasteiger partial charge < -0.3 is 14.4 Å². The lowest BCUT2D eigenvalue weighted by atomic mass is 10.1. The Bertz CT molecular complexity index is 1630. The SMILES string of the molecule is Cc1ccc(-n2cc(-c3ccccc3)c3c(N4CCN(C(=O)/C=C/c5ccc(Cl)cc5)CC4)ncnc32)cc1. The number of halogens is 1. The fraction of sp³-hybridized carbons (Fsp3) is 0.156. The summed E-state index contributed by atoms with van der Waals surface area (Å²) in [7, 11) is 0. The molecule has 194 valence electrons. The molecule has 0 aliphatic carbocycles. The van der Waals surface area contributed by atoms with Crippen molar-refractivity contribution in [1.29, 1.82) is 0 Å². The highest BCUT2D eigenvalue weighted by atomic mass is 35.5. The number of nitrogens with zero attached hydrogens (tertiary/aromatic N) is 5. The monoisotopic (exact) mass is 533 g/mol. The maximum absolute atomic E-state index is 12.9. The van der Waals surface area contributed by atoms with E-state index in [-0.39, 0.29) is 5.91 Å². The Morgan fingerprint density at radius 3 is 2.31 bits per heavy atom. The Morgan fingerprint density at radius 2 is 1.59 bits per heavy atom. The number of carbonyl (C=O) groups is 1. The molecule has 1 amide bonds. The van der Waals surface area contributed by atoms with Gasteiger partial charge in [-0.1, -0.05) is 71.8 Å². The van der Waals surface area contributed by atoms with Crippen LogP contribution >= 0.6 is 11.6 Å². The molecule has 1 aliphatic rings. The molecular weight excluding hydrogens is 506 g/mol. The van der Waals surface area contributed by atoms with E-state index in [1.54, 1.807) is 12.4 Å². The van der Waals surface area contributed by atoms with Gasteiger partial charge in [0.1, 0.15) is 12.1 Å². The maximum Gasteiger partial charge on any atom is 0.246 e. The number of carbonyl (C=O) groups excluding carboxylic acids is 1. The van der Waals surface area contributed by atoms with Crippen LogP contribution in [0.25, 0.3) is 33.9 Å². The maximum atomic E-state index is 12.9. The van der Waals surface area contributed by atoms with Crippen LogP contribution in [0.4, 0.5) is 5.82 Å². The van der Waals surface area contributed by atoms with Crippen LogP contribution in [0.3, 0.4) is 0 Å². The molecule has 0 N–H and O–H groups in total. The fourth-order valence-electron chi connectivity index (χ4n) is 5.01. The molecule has 0 atom stereocenters. The minimum atomic E-state index is 0.00735. The lowest BCUT2D eigenvalue weighted by Crippen LogP contribution is -2.48. The lowest BCUT2D eigenvalue weighted by molar-refractivity contribution is -0.126. The summed E-state index contributed by atoms with van der Waals surface area (Å²) in [5.41, 5.74) is 6.29. The van der Waals surface area contributed by atoms with E-state index in [9.17, 15) is 4.79 Å². The molecule has 39 heavy (non-hydrogen) atoms. The van der Waals surface area contributed by atoms with Crippen molar-refractivity contribution >= 4 is 40.4 Å². The number of piperazine rings is 1.